The lowest BCUT2D eigenvalue weighted by Crippen LogP contribution is -2.35. The van der Waals surface area contributed by atoms with Crippen molar-refractivity contribution >= 4 is 0 Å². The monoisotopic (exact) mass is 205 g/mol. The normalized spacial score (nSPS) is 13.9. The first-order chi connectivity index (χ1) is 6.89. The first kappa shape index (κ1) is 12.3. The van der Waals surface area contributed by atoms with Crippen LogP contribution in [0, 0.1) is 12.3 Å². The molecule has 0 aromatic heterocycles. The van der Waals surface area contributed by atoms with E-state index in [1.807, 2.05) is 0 Å². The number of hydrogen-bond acceptors (Lipinski definition) is 1. The maximum atomic E-state index is 6.13. The van der Waals surface area contributed by atoms with Gasteiger partial charge in [-0.2, -0.15) is 0 Å². The summed E-state index contributed by atoms with van der Waals surface area (Å²) in [6.07, 6.45) is 2.14. The van der Waals surface area contributed by atoms with Gasteiger partial charge in [-0.3, -0.25) is 0 Å². The van der Waals surface area contributed by atoms with Gasteiger partial charge in [-0.1, -0.05) is 50.6 Å². The van der Waals surface area contributed by atoms with Gasteiger partial charge in [0, 0.05) is 6.04 Å². The molecule has 0 spiro atoms. The molecule has 1 aromatic rings. The van der Waals surface area contributed by atoms with Crippen LogP contribution in [0.4, 0.5) is 0 Å². The molecule has 84 valence electrons. The SMILES string of the molecule is Cc1ccc(CCC(N)C(C)(C)C)cc1. The highest BCUT2D eigenvalue weighted by Gasteiger charge is 2.19. The zero-order valence-corrected chi connectivity index (χ0v) is 10.4. The third-order valence-corrected chi connectivity index (χ3v) is 2.98. The van der Waals surface area contributed by atoms with Crippen LogP contribution in [0.3, 0.4) is 0 Å². The summed E-state index contributed by atoms with van der Waals surface area (Å²) in [5.41, 5.74) is 9.05. The average molecular weight is 205 g/mol. The summed E-state index contributed by atoms with van der Waals surface area (Å²) in [6, 6.07) is 9.00. The number of nitrogens with two attached hydrogens (primary N) is 1. The summed E-state index contributed by atoms with van der Waals surface area (Å²) in [5, 5.41) is 0. The Labute approximate surface area is 93.7 Å². The minimum absolute atomic E-state index is 0.213. The first-order valence-corrected chi connectivity index (χ1v) is 5.71. The van der Waals surface area contributed by atoms with Crippen molar-refractivity contribution in [1.82, 2.24) is 0 Å². The number of hydrogen-bond donors (Lipinski definition) is 1. The van der Waals surface area contributed by atoms with E-state index in [0.29, 0.717) is 0 Å². The van der Waals surface area contributed by atoms with E-state index in [4.69, 9.17) is 5.73 Å². The molecule has 0 amide bonds. The number of aryl methyl sites for hydroxylation is 2. The van der Waals surface area contributed by atoms with Crippen molar-refractivity contribution in [3.05, 3.63) is 35.4 Å². The lowest BCUT2D eigenvalue weighted by Gasteiger charge is -2.27. The molecule has 1 rings (SSSR count). The summed E-state index contributed by atoms with van der Waals surface area (Å²) in [4.78, 5) is 0. The van der Waals surface area contributed by atoms with Crippen molar-refractivity contribution in [2.75, 3.05) is 0 Å². The van der Waals surface area contributed by atoms with E-state index in [9.17, 15) is 0 Å². The van der Waals surface area contributed by atoms with Gasteiger partial charge in [0.05, 0.1) is 0 Å². The van der Waals surface area contributed by atoms with Crippen LogP contribution in [0.2, 0.25) is 0 Å². The maximum Gasteiger partial charge on any atom is 0.00908 e. The quantitative estimate of drug-likeness (QED) is 0.805. The van der Waals surface area contributed by atoms with Crippen LogP contribution in [-0.2, 0) is 6.42 Å². The van der Waals surface area contributed by atoms with Crippen molar-refractivity contribution in [2.45, 2.75) is 46.6 Å². The summed E-state index contributed by atoms with van der Waals surface area (Å²) in [7, 11) is 0. The van der Waals surface area contributed by atoms with Crippen LogP contribution in [0.5, 0.6) is 0 Å². The molecule has 0 bridgehead atoms. The van der Waals surface area contributed by atoms with Crippen molar-refractivity contribution in [2.24, 2.45) is 11.1 Å². The molecule has 1 atom stereocenters. The number of benzene rings is 1. The predicted octanol–water partition coefficient (Wildman–Crippen LogP) is 3.30. The van der Waals surface area contributed by atoms with Gasteiger partial charge >= 0.3 is 0 Å². The average Bonchev–Trinajstić information content (AvgIpc) is 2.15. The smallest absolute Gasteiger partial charge is 0.00908 e. The fourth-order valence-corrected chi connectivity index (χ4v) is 1.51. The summed E-state index contributed by atoms with van der Waals surface area (Å²) < 4.78 is 0. The molecule has 1 heteroatoms. The van der Waals surface area contributed by atoms with Gasteiger partial charge in [0.15, 0.2) is 0 Å². The molecule has 1 unspecified atom stereocenters. The Kier molecular flexibility index (Phi) is 3.92. The van der Waals surface area contributed by atoms with Gasteiger partial charge in [-0.05, 0) is 30.7 Å². The molecule has 0 aliphatic carbocycles. The van der Waals surface area contributed by atoms with Crippen molar-refractivity contribution in [1.29, 1.82) is 0 Å². The van der Waals surface area contributed by atoms with Crippen molar-refractivity contribution in [3.8, 4) is 0 Å². The first-order valence-electron chi connectivity index (χ1n) is 5.71. The van der Waals surface area contributed by atoms with Crippen LogP contribution >= 0.6 is 0 Å². The third kappa shape index (κ3) is 4.05. The molecule has 2 N–H and O–H groups in total. The van der Waals surface area contributed by atoms with Crippen LogP contribution in [0.1, 0.15) is 38.3 Å². The molecule has 0 aliphatic rings. The third-order valence-electron chi connectivity index (χ3n) is 2.98. The van der Waals surface area contributed by atoms with E-state index in [1.54, 1.807) is 0 Å². The second-order valence-electron chi connectivity index (χ2n) is 5.50. The zero-order valence-electron chi connectivity index (χ0n) is 10.4. The molecule has 0 saturated heterocycles. The Bertz CT molecular complexity index is 292. The molecule has 0 saturated carbocycles. The van der Waals surface area contributed by atoms with E-state index in [1.165, 1.54) is 11.1 Å². The fourth-order valence-electron chi connectivity index (χ4n) is 1.51. The zero-order chi connectivity index (χ0) is 11.5. The van der Waals surface area contributed by atoms with E-state index >= 15 is 0 Å². The molecule has 1 aromatic carbocycles. The van der Waals surface area contributed by atoms with Crippen LogP contribution < -0.4 is 5.73 Å². The fraction of sp³-hybridized carbons (Fsp3) is 0.571. The highest BCUT2D eigenvalue weighted by atomic mass is 14.7. The standard InChI is InChI=1S/C14H23N/c1-11-5-7-12(8-6-11)9-10-13(15)14(2,3)4/h5-8,13H,9-10,15H2,1-4H3. The molecular weight excluding hydrogens is 182 g/mol. The van der Waals surface area contributed by atoms with Gasteiger partial charge in [0.1, 0.15) is 0 Å². The van der Waals surface area contributed by atoms with Crippen LogP contribution in [0.15, 0.2) is 24.3 Å². The highest BCUT2D eigenvalue weighted by Crippen LogP contribution is 2.21. The van der Waals surface area contributed by atoms with Gasteiger partial charge in [0.2, 0.25) is 0 Å². The Morgan fingerprint density at radius 2 is 1.67 bits per heavy atom. The lowest BCUT2D eigenvalue weighted by molar-refractivity contribution is 0.306. The molecule has 0 fully saturated rings. The lowest BCUT2D eigenvalue weighted by atomic mass is 9.84. The molecule has 15 heavy (non-hydrogen) atoms. The highest BCUT2D eigenvalue weighted by molar-refractivity contribution is 5.21. The molecular formula is C14H23N. The second kappa shape index (κ2) is 4.80. The van der Waals surface area contributed by atoms with Crippen LogP contribution in [-0.4, -0.2) is 6.04 Å². The minimum Gasteiger partial charge on any atom is -0.327 e. The topological polar surface area (TPSA) is 26.0 Å². The molecule has 0 aliphatic heterocycles. The molecule has 0 heterocycles. The Hall–Kier alpha value is -0.820. The van der Waals surface area contributed by atoms with E-state index in [0.717, 1.165) is 12.8 Å². The summed E-state index contributed by atoms with van der Waals surface area (Å²) in [6.45, 7) is 8.72. The van der Waals surface area contributed by atoms with Gasteiger partial charge in [0.25, 0.3) is 0 Å². The molecule has 0 radical (unpaired) electrons. The van der Waals surface area contributed by atoms with Crippen molar-refractivity contribution in [3.63, 3.8) is 0 Å². The molecule has 1 nitrogen and oxygen atoms in total. The van der Waals surface area contributed by atoms with Gasteiger partial charge in [-0.15, -0.1) is 0 Å². The summed E-state index contributed by atoms with van der Waals surface area (Å²) >= 11 is 0. The van der Waals surface area contributed by atoms with E-state index < -0.39 is 0 Å². The maximum absolute atomic E-state index is 6.13. The Balaban J connectivity index is 2.47. The van der Waals surface area contributed by atoms with E-state index in [-0.39, 0.29) is 11.5 Å². The predicted molar refractivity (Wildman–Crippen MR) is 66.9 cm³/mol. The Morgan fingerprint density at radius 1 is 1.13 bits per heavy atom. The largest absolute Gasteiger partial charge is 0.327 e. The minimum atomic E-state index is 0.213. The van der Waals surface area contributed by atoms with Gasteiger partial charge < -0.3 is 5.73 Å². The van der Waals surface area contributed by atoms with Crippen LogP contribution in [0.25, 0.3) is 0 Å². The summed E-state index contributed by atoms with van der Waals surface area (Å²) in [5.74, 6) is 0. The van der Waals surface area contributed by atoms with E-state index in [2.05, 4.69) is 52.0 Å². The van der Waals surface area contributed by atoms with Gasteiger partial charge in [-0.25, -0.2) is 0 Å². The Morgan fingerprint density at radius 3 is 2.13 bits per heavy atom. The van der Waals surface area contributed by atoms with Crippen molar-refractivity contribution < 1.29 is 0 Å². The second-order valence-corrected chi connectivity index (χ2v) is 5.50. The number of rotatable bonds is 3.